The average molecular weight is 135 g/mol. The van der Waals surface area contributed by atoms with Crippen LogP contribution in [-0.4, -0.2) is 17.1 Å². The van der Waals surface area contributed by atoms with Crippen LogP contribution in [0.5, 0.6) is 0 Å². The lowest BCUT2D eigenvalue weighted by atomic mass is 10.2. The highest BCUT2D eigenvalue weighted by Gasteiger charge is 1.94. The molecule has 1 N–H and O–H groups in total. The molecule has 0 saturated heterocycles. The van der Waals surface area contributed by atoms with Gasteiger partial charge in [0, 0.05) is 6.61 Å². The summed E-state index contributed by atoms with van der Waals surface area (Å²) < 4.78 is 0. The SMILES string of the molecule is C=CC(Cl)CCCO. The Bertz CT molecular complexity index is 63.5. The number of aliphatic hydroxyl groups is 1. The maximum absolute atomic E-state index is 8.32. The molecule has 0 aliphatic rings. The summed E-state index contributed by atoms with van der Waals surface area (Å²) in [5.74, 6) is 0. The third kappa shape index (κ3) is 4.16. The number of halogens is 1. The molecule has 2 heteroatoms. The molecule has 0 aromatic rings. The molecule has 1 unspecified atom stereocenters. The molecule has 0 aliphatic heterocycles. The van der Waals surface area contributed by atoms with E-state index in [0.717, 1.165) is 12.8 Å². The summed E-state index contributed by atoms with van der Waals surface area (Å²) in [7, 11) is 0. The molecule has 0 heterocycles. The normalized spacial score (nSPS) is 13.2. The molecular weight excluding hydrogens is 124 g/mol. The van der Waals surface area contributed by atoms with E-state index in [4.69, 9.17) is 16.7 Å². The monoisotopic (exact) mass is 134 g/mol. The van der Waals surface area contributed by atoms with Gasteiger partial charge in [0.15, 0.2) is 0 Å². The second-order valence-corrected chi connectivity index (χ2v) is 2.18. The van der Waals surface area contributed by atoms with Crippen LogP contribution in [0.1, 0.15) is 12.8 Å². The van der Waals surface area contributed by atoms with Crippen molar-refractivity contribution in [2.24, 2.45) is 0 Å². The molecule has 0 aromatic heterocycles. The van der Waals surface area contributed by atoms with Gasteiger partial charge in [0.1, 0.15) is 0 Å². The first kappa shape index (κ1) is 7.99. The van der Waals surface area contributed by atoms with Crippen molar-refractivity contribution in [1.82, 2.24) is 0 Å². The second kappa shape index (κ2) is 5.13. The molecule has 1 nitrogen and oxygen atoms in total. The van der Waals surface area contributed by atoms with Crippen LogP contribution >= 0.6 is 11.6 Å². The summed E-state index contributed by atoms with van der Waals surface area (Å²) in [5, 5.41) is 8.35. The van der Waals surface area contributed by atoms with Gasteiger partial charge in [-0.25, -0.2) is 0 Å². The van der Waals surface area contributed by atoms with E-state index >= 15 is 0 Å². The lowest BCUT2D eigenvalue weighted by Crippen LogP contribution is -1.93. The van der Waals surface area contributed by atoms with E-state index in [1.165, 1.54) is 0 Å². The fourth-order valence-electron chi connectivity index (χ4n) is 0.404. The van der Waals surface area contributed by atoms with Crippen molar-refractivity contribution >= 4 is 11.6 Å². The second-order valence-electron chi connectivity index (χ2n) is 1.62. The maximum Gasteiger partial charge on any atom is 0.0514 e. The Balaban J connectivity index is 2.98. The summed E-state index contributed by atoms with van der Waals surface area (Å²) in [6.07, 6.45) is 3.26. The van der Waals surface area contributed by atoms with Crippen molar-refractivity contribution in [3.63, 3.8) is 0 Å². The van der Waals surface area contributed by atoms with Gasteiger partial charge in [0.25, 0.3) is 0 Å². The topological polar surface area (TPSA) is 20.2 Å². The number of aliphatic hydroxyl groups excluding tert-OH is 1. The minimum absolute atomic E-state index is 0.0298. The predicted molar refractivity (Wildman–Crippen MR) is 36.2 cm³/mol. The molecule has 0 aromatic carbocycles. The fourth-order valence-corrected chi connectivity index (χ4v) is 0.558. The quantitative estimate of drug-likeness (QED) is 0.457. The van der Waals surface area contributed by atoms with Gasteiger partial charge in [0.2, 0.25) is 0 Å². The Hall–Kier alpha value is -0.0100. The van der Waals surface area contributed by atoms with Crippen molar-refractivity contribution in [1.29, 1.82) is 0 Å². The first-order chi connectivity index (χ1) is 3.81. The molecule has 0 amide bonds. The van der Waals surface area contributed by atoms with E-state index < -0.39 is 0 Å². The van der Waals surface area contributed by atoms with Crippen LogP contribution in [0.2, 0.25) is 0 Å². The highest BCUT2D eigenvalue weighted by atomic mass is 35.5. The third-order valence-electron chi connectivity index (χ3n) is 0.894. The van der Waals surface area contributed by atoms with Gasteiger partial charge in [0.05, 0.1) is 5.38 Å². The number of alkyl halides is 1. The van der Waals surface area contributed by atoms with Crippen molar-refractivity contribution in [2.75, 3.05) is 6.61 Å². The zero-order chi connectivity index (χ0) is 6.41. The molecule has 0 radical (unpaired) electrons. The van der Waals surface area contributed by atoms with E-state index in [2.05, 4.69) is 6.58 Å². The van der Waals surface area contributed by atoms with E-state index in [1.54, 1.807) is 6.08 Å². The van der Waals surface area contributed by atoms with Gasteiger partial charge in [-0.05, 0) is 12.8 Å². The number of allylic oxidation sites excluding steroid dienone is 1. The van der Waals surface area contributed by atoms with E-state index in [1.807, 2.05) is 0 Å². The van der Waals surface area contributed by atoms with Crippen LogP contribution in [0.25, 0.3) is 0 Å². The van der Waals surface area contributed by atoms with Gasteiger partial charge in [-0.3, -0.25) is 0 Å². The van der Waals surface area contributed by atoms with Crippen LogP contribution in [0.4, 0.5) is 0 Å². The Morgan fingerprint density at radius 2 is 2.38 bits per heavy atom. The molecule has 0 saturated carbocycles. The van der Waals surface area contributed by atoms with Gasteiger partial charge in [-0.2, -0.15) is 0 Å². The van der Waals surface area contributed by atoms with Crippen molar-refractivity contribution in [3.8, 4) is 0 Å². The molecule has 0 spiro atoms. The highest BCUT2D eigenvalue weighted by molar-refractivity contribution is 6.21. The zero-order valence-electron chi connectivity index (χ0n) is 4.81. The van der Waals surface area contributed by atoms with Crippen LogP contribution in [0.15, 0.2) is 12.7 Å². The number of hydrogen-bond acceptors (Lipinski definition) is 1. The van der Waals surface area contributed by atoms with E-state index in [0.29, 0.717) is 0 Å². The molecule has 8 heavy (non-hydrogen) atoms. The minimum Gasteiger partial charge on any atom is -0.396 e. The molecular formula is C6H11ClO. The fraction of sp³-hybridized carbons (Fsp3) is 0.667. The smallest absolute Gasteiger partial charge is 0.0514 e. The van der Waals surface area contributed by atoms with Crippen LogP contribution in [0.3, 0.4) is 0 Å². The highest BCUT2D eigenvalue weighted by Crippen LogP contribution is 2.04. The Labute approximate surface area is 55.0 Å². The summed E-state index contributed by atoms with van der Waals surface area (Å²) in [6.45, 7) is 3.72. The van der Waals surface area contributed by atoms with Crippen molar-refractivity contribution in [3.05, 3.63) is 12.7 Å². The number of rotatable bonds is 4. The molecule has 0 fully saturated rings. The standard InChI is InChI=1S/C6H11ClO/c1-2-6(7)4-3-5-8/h2,6,8H,1,3-5H2. The molecule has 48 valence electrons. The Kier molecular flexibility index (Phi) is 5.13. The summed E-state index contributed by atoms with van der Waals surface area (Å²) in [6, 6.07) is 0. The summed E-state index contributed by atoms with van der Waals surface area (Å²) in [5.41, 5.74) is 0. The van der Waals surface area contributed by atoms with Gasteiger partial charge < -0.3 is 5.11 Å². The predicted octanol–water partition coefficient (Wildman–Crippen LogP) is 1.55. The van der Waals surface area contributed by atoms with Gasteiger partial charge in [-0.1, -0.05) is 6.08 Å². The molecule has 0 rings (SSSR count). The van der Waals surface area contributed by atoms with E-state index in [-0.39, 0.29) is 12.0 Å². The van der Waals surface area contributed by atoms with Crippen molar-refractivity contribution in [2.45, 2.75) is 18.2 Å². The van der Waals surface area contributed by atoms with Crippen LogP contribution < -0.4 is 0 Å². The molecule has 0 aliphatic carbocycles. The minimum atomic E-state index is 0.0298. The van der Waals surface area contributed by atoms with Crippen LogP contribution in [-0.2, 0) is 0 Å². The van der Waals surface area contributed by atoms with Gasteiger partial charge >= 0.3 is 0 Å². The van der Waals surface area contributed by atoms with Crippen LogP contribution in [0, 0.1) is 0 Å². The Morgan fingerprint density at radius 3 is 2.75 bits per heavy atom. The van der Waals surface area contributed by atoms with E-state index in [9.17, 15) is 0 Å². The van der Waals surface area contributed by atoms with Gasteiger partial charge in [-0.15, -0.1) is 18.2 Å². The first-order valence-corrected chi connectivity index (χ1v) is 3.12. The Morgan fingerprint density at radius 1 is 1.75 bits per heavy atom. The van der Waals surface area contributed by atoms with Crippen molar-refractivity contribution < 1.29 is 5.11 Å². The first-order valence-electron chi connectivity index (χ1n) is 2.68. The maximum atomic E-state index is 8.32. The average Bonchev–Trinajstić information content (AvgIpc) is 1.83. The molecule has 1 atom stereocenters. The molecule has 0 bridgehead atoms. The lowest BCUT2D eigenvalue weighted by Gasteiger charge is -1.98. The lowest BCUT2D eigenvalue weighted by molar-refractivity contribution is 0.285. The summed E-state index contributed by atoms with van der Waals surface area (Å²) >= 11 is 5.61. The largest absolute Gasteiger partial charge is 0.396 e. The summed E-state index contributed by atoms with van der Waals surface area (Å²) in [4.78, 5) is 0. The number of hydrogen-bond donors (Lipinski definition) is 1. The third-order valence-corrected chi connectivity index (χ3v) is 1.29. The zero-order valence-corrected chi connectivity index (χ0v) is 5.56.